The van der Waals surface area contributed by atoms with Crippen molar-refractivity contribution in [2.24, 2.45) is 4.99 Å². The largest absolute Gasteiger partial charge is 0.370 e. The number of nitrogens with one attached hydrogen (secondary N) is 1. The Bertz CT molecular complexity index is 682. The van der Waals surface area contributed by atoms with Crippen molar-refractivity contribution < 1.29 is 4.74 Å². The molecule has 4 nitrogen and oxygen atoms in total. The molecule has 0 unspecified atom stereocenters. The van der Waals surface area contributed by atoms with Gasteiger partial charge in [0.2, 0.25) is 0 Å². The van der Waals surface area contributed by atoms with Gasteiger partial charge in [0.15, 0.2) is 5.96 Å². The van der Waals surface area contributed by atoms with Crippen molar-refractivity contribution in [3.05, 3.63) is 60.2 Å². The molecule has 0 amide bonds. The number of nitrogens with zero attached hydrogens (tertiary/aromatic N) is 2. The Labute approximate surface area is 136 Å². The molecule has 1 saturated heterocycles. The topological polar surface area (TPSA) is 36.9 Å². The van der Waals surface area contributed by atoms with Crippen LogP contribution in [0, 0.1) is 0 Å². The molecule has 1 fully saturated rings. The molecule has 0 bridgehead atoms. The predicted octanol–water partition coefficient (Wildman–Crippen LogP) is 2.69. The van der Waals surface area contributed by atoms with E-state index >= 15 is 0 Å². The summed E-state index contributed by atoms with van der Waals surface area (Å²) in [5, 5.41) is 3.35. The molecule has 0 spiro atoms. The van der Waals surface area contributed by atoms with Gasteiger partial charge in [-0.3, -0.25) is 4.99 Å². The third-order valence-electron chi connectivity index (χ3n) is 4.41. The Hall–Kier alpha value is -2.33. The highest BCUT2D eigenvalue weighted by Crippen LogP contribution is 2.26. The number of hydrogen-bond acceptors (Lipinski definition) is 4. The van der Waals surface area contributed by atoms with Gasteiger partial charge in [0.05, 0.1) is 19.7 Å². The van der Waals surface area contributed by atoms with Crippen LogP contribution in [0.5, 0.6) is 0 Å². The van der Waals surface area contributed by atoms with Crippen molar-refractivity contribution >= 4 is 5.96 Å². The fourth-order valence-electron chi connectivity index (χ4n) is 3.16. The molecule has 4 heteroatoms. The summed E-state index contributed by atoms with van der Waals surface area (Å²) in [5.74, 6) is 1.03. The van der Waals surface area contributed by atoms with Crippen LogP contribution in [0.3, 0.4) is 0 Å². The lowest BCUT2D eigenvalue weighted by molar-refractivity contribution is -0.00768. The van der Waals surface area contributed by atoms with E-state index in [2.05, 4.69) is 63.7 Å². The van der Waals surface area contributed by atoms with E-state index in [1.165, 1.54) is 16.7 Å². The third kappa shape index (κ3) is 3.08. The molecule has 2 aromatic carbocycles. The maximum atomic E-state index is 5.97. The highest BCUT2D eigenvalue weighted by Gasteiger charge is 2.25. The van der Waals surface area contributed by atoms with Crippen LogP contribution in [-0.2, 0) is 4.74 Å². The Kier molecular flexibility index (Phi) is 3.99. The van der Waals surface area contributed by atoms with Crippen molar-refractivity contribution in [2.75, 3.05) is 32.8 Å². The molecule has 4 rings (SSSR count). The Morgan fingerprint density at radius 3 is 2.52 bits per heavy atom. The number of benzene rings is 2. The zero-order valence-electron chi connectivity index (χ0n) is 13.1. The molecule has 23 heavy (non-hydrogen) atoms. The average Bonchev–Trinajstić information content (AvgIpc) is 3.18. The monoisotopic (exact) mass is 307 g/mol. The van der Waals surface area contributed by atoms with Gasteiger partial charge in [-0.15, -0.1) is 0 Å². The zero-order valence-corrected chi connectivity index (χ0v) is 13.1. The second-order valence-electron chi connectivity index (χ2n) is 5.93. The smallest absolute Gasteiger partial charge is 0.194 e. The van der Waals surface area contributed by atoms with E-state index in [0.29, 0.717) is 0 Å². The third-order valence-corrected chi connectivity index (χ3v) is 4.41. The van der Waals surface area contributed by atoms with Gasteiger partial charge in [-0.05, 0) is 16.7 Å². The molecular formula is C19H21N3O. The van der Waals surface area contributed by atoms with Crippen molar-refractivity contribution in [1.29, 1.82) is 0 Å². The minimum atomic E-state index is 0.110. The van der Waals surface area contributed by atoms with Crippen LogP contribution in [0.4, 0.5) is 0 Å². The lowest BCUT2D eigenvalue weighted by Crippen LogP contribution is -2.46. The lowest BCUT2D eigenvalue weighted by Gasteiger charge is -2.34. The summed E-state index contributed by atoms with van der Waals surface area (Å²) in [6.07, 6.45) is 0.110. The van der Waals surface area contributed by atoms with Crippen LogP contribution in [0.25, 0.3) is 11.1 Å². The molecule has 0 radical (unpaired) electrons. The molecule has 118 valence electrons. The van der Waals surface area contributed by atoms with Crippen LogP contribution in [0.1, 0.15) is 11.7 Å². The van der Waals surface area contributed by atoms with E-state index in [1.54, 1.807) is 0 Å². The first-order valence-electron chi connectivity index (χ1n) is 8.20. The van der Waals surface area contributed by atoms with E-state index in [0.717, 1.165) is 38.7 Å². The first-order valence-corrected chi connectivity index (χ1v) is 8.20. The number of aliphatic imine (C=N–C) groups is 1. The molecular weight excluding hydrogens is 286 g/mol. The number of ether oxygens (including phenoxy) is 1. The Morgan fingerprint density at radius 2 is 1.78 bits per heavy atom. The van der Waals surface area contributed by atoms with Gasteiger partial charge in [-0.1, -0.05) is 54.6 Å². The molecule has 0 aromatic heterocycles. The minimum absolute atomic E-state index is 0.110. The van der Waals surface area contributed by atoms with Crippen molar-refractivity contribution in [3.63, 3.8) is 0 Å². The number of rotatable bonds is 2. The van der Waals surface area contributed by atoms with Crippen molar-refractivity contribution in [2.45, 2.75) is 6.10 Å². The van der Waals surface area contributed by atoms with E-state index in [1.807, 2.05) is 6.07 Å². The van der Waals surface area contributed by atoms with Crippen LogP contribution in [0.15, 0.2) is 59.6 Å². The van der Waals surface area contributed by atoms with Gasteiger partial charge in [0.25, 0.3) is 0 Å². The van der Waals surface area contributed by atoms with Crippen molar-refractivity contribution in [3.8, 4) is 11.1 Å². The van der Waals surface area contributed by atoms with Gasteiger partial charge in [-0.2, -0.15) is 0 Å². The fraction of sp³-hybridized carbons (Fsp3) is 0.316. The summed E-state index contributed by atoms with van der Waals surface area (Å²) >= 11 is 0. The Morgan fingerprint density at radius 1 is 1.00 bits per heavy atom. The second kappa shape index (κ2) is 6.42. The number of guanidine groups is 1. The zero-order chi connectivity index (χ0) is 15.5. The molecule has 0 aliphatic carbocycles. The van der Waals surface area contributed by atoms with Crippen LogP contribution in [0.2, 0.25) is 0 Å². The number of morpholine rings is 1. The minimum Gasteiger partial charge on any atom is -0.370 e. The van der Waals surface area contributed by atoms with E-state index in [-0.39, 0.29) is 6.10 Å². The van der Waals surface area contributed by atoms with Crippen LogP contribution in [-0.4, -0.2) is 43.6 Å². The molecule has 2 aliphatic rings. The molecule has 1 atom stereocenters. The SMILES string of the molecule is c1ccc(-c2ccc([C@@H]3CN(C4=NCCN4)CCO3)cc2)cc1. The average molecular weight is 307 g/mol. The molecule has 2 aliphatic heterocycles. The van der Waals surface area contributed by atoms with Gasteiger partial charge in [0.1, 0.15) is 6.10 Å². The van der Waals surface area contributed by atoms with Gasteiger partial charge in [-0.25, -0.2) is 0 Å². The molecule has 0 saturated carbocycles. The second-order valence-corrected chi connectivity index (χ2v) is 5.93. The quantitative estimate of drug-likeness (QED) is 0.927. The summed E-state index contributed by atoms with van der Waals surface area (Å²) in [7, 11) is 0. The summed E-state index contributed by atoms with van der Waals surface area (Å²) in [6.45, 7) is 4.33. The summed E-state index contributed by atoms with van der Waals surface area (Å²) in [6, 6.07) is 19.2. The van der Waals surface area contributed by atoms with Crippen molar-refractivity contribution in [1.82, 2.24) is 10.2 Å². The van der Waals surface area contributed by atoms with E-state index < -0.39 is 0 Å². The Balaban J connectivity index is 1.49. The van der Waals surface area contributed by atoms with E-state index in [9.17, 15) is 0 Å². The van der Waals surface area contributed by atoms with Gasteiger partial charge < -0.3 is 15.0 Å². The predicted molar refractivity (Wildman–Crippen MR) is 92.4 cm³/mol. The first kappa shape index (κ1) is 14.3. The molecule has 1 N–H and O–H groups in total. The van der Waals surface area contributed by atoms with Crippen LogP contribution >= 0.6 is 0 Å². The first-order chi connectivity index (χ1) is 11.4. The molecule has 2 heterocycles. The summed E-state index contributed by atoms with van der Waals surface area (Å²) < 4.78 is 5.97. The van der Waals surface area contributed by atoms with Crippen LogP contribution < -0.4 is 5.32 Å². The highest BCUT2D eigenvalue weighted by atomic mass is 16.5. The standard InChI is InChI=1S/C19H21N3O/c1-2-4-15(5-3-1)16-6-8-17(9-7-16)18-14-22(12-13-23-18)19-20-10-11-21-19/h1-9,18H,10-14H2,(H,20,21)/t18-/m0/s1. The van der Waals surface area contributed by atoms with E-state index in [4.69, 9.17) is 4.74 Å². The normalized spacial score (nSPS) is 21.0. The maximum Gasteiger partial charge on any atom is 0.194 e. The highest BCUT2D eigenvalue weighted by molar-refractivity contribution is 5.81. The van der Waals surface area contributed by atoms with Gasteiger partial charge in [0, 0.05) is 13.1 Å². The van der Waals surface area contributed by atoms with Gasteiger partial charge >= 0.3 is 0 Å². The summed E-state index contributed by atoms with van der Waals surface area (Å²) in [4.78, 5) is 6.82. The summed E-state index contributed by atoms with van der Waals surface area (Å²) in [5.41, 5.74) is 3.71. The lowest BCUT2D eigenvalue weighted by atomic mass is 10.0. The fourth-order valence-corrected chi connectivity index (χ4v) is 3.16. The number of hydrogen-bond donors (Lipinski definition) is 1. The maximum absolute atomic E-state index is 5.97. The molecule has 2 aromatic rings.